The molecule has 0 aliphatic carbocycles. The highest BCUT2D eigenvalue weighted by atomic mass is 35.5. The molecule has 0 unspecified atom stereocenters. The summed E-state index contributed by atoms with van der Waals surface area (Å²) in [6.07, 6.45) is 0. The molecule has 0 aliphatic rings. The van der Waals surface area contributed by atoms with Crippen molar-refractivity contribution in [2.75, 3.05) is 6.54 Å². The standard InChI is InChI=1S/C17H15ClF2N2O2/c1-10(12-7-6-11(19)8-15(12)20)22-16(23)9-21-17(24)13-4-2-3-5-14(13)18/h2-8,10H,9H2,1H3,(H,21,24)(H,22,23)/t10-/m1/s1. The number of nitrogens with one attached hydrogen (secondary N) is 2. The van der Waals surface area contributed by atoms with Crippen LogP contribution in [-0.4, -0.2) is 18.4 Å². The second kappa shape index (κ2) is 7.88. The molecule has 2 aromatic rings. The van der Waals surface area contributed by atoms with Gasteiger partial charge in [0.15, 0.2) is 0 Å². The Morgan fingerprint density at radius 3 is 2.54 bits per heavy atom. The fourth-order valence-corrected chi connectivity index (χ4v) is 2.35. The maximum atomic E-state index is 13.7. The van der Waals surface area contributed by atoms with Crippen LogP contribution in [0, 0.1) is 11.6 Å². The third kappa shape index (κ3) is 4.52. The molecule has 0 saturated carbocycles. The lowest BCUT2D eigenvalue weighted by Gasteiger charge is -2.15. The van der Waals surface area contributed by atoms with Gasteiger partial charge < -0.3 is 10.6 Å². The van der Waals surface area contributed by atoms with Crippen LogP contribution in [0.15, 0.2) is 42.5 Å². The van der Waals surface area contributed by atoms with E-state index in [0.29, 0.717) is 0 Å². The van der Waals surface area contributed by atoms with Gasteiger partial charge in [-0.2, -0.15) is 0 Å². The Bertz CT molecular complexity index is 768. The highest BCUT2D eigenvalue weighted by Crippen LogP contribution is 2.17. The Morgan fingerprint density at radius 2 is 1.88 bits per heavy atom. The maximum absolute atomic E-state index is 13.7. The van der Waals surface area contributed by atoms with E-state index in [1.54, 1.807) is 25.1 Å². The quantitative estimate of drug-likeness (QED) is 0.868. The van der Waals surface area contributed by atoms with Crippen LogP contribution in [0.2, 0.25) is 5.02 Å². The number of halogens is 3. The van der Waals surface area contributed by atoms with E-state index in [-0.39, 0.29) is 22.7 Å². The van der Waals surface area contributed by atoms with E-state index in [9.17, 15) is 18.4 Å². The van der Waals surface area contributed by atoms with Gasteiger partial charge in [0.25, 0.3) is 5.91 Å². The van der Waals surface area contributed by atoms with Gasteiger partial charge >= 0.3 is 0 Å². The van der Waals surface area contributed by atoms with Crippen LogP contribution in [0.1, 0.15) is 28.9 Å². The van der Waals surface area contributed by atoms with E-state index in [2.05, 4.69) is 10.6 Å². The van der Waals surface area contributed by atoms with Crippen molar-refractivity contribution in [3.8, 4) is 0 Å². The number of carbonyl (C=O) groups is 2. The smallest absolute Gasteiger partial charge is 0.253 e. The zero-order chi connectivity index (χ0) is 17.7. The lowest BCUT2D eigenvalue weighted by Crippen LogP contribution is -2.38. The first kappa shape index (κ1) is 17.9. The molecule has 7 heteroatoms. The summed E-state index contributed by atoms with van der Waals surface area (Å²) in [7, 11) is 0. The van der Waals surface area contributed by atoms with Crippen molar-refractivity contribution < 1.29 is 18.4 Å². The second-order valence-electron chi connectivity index (χ2n) is 5.12. The number of hydrogen-bond acceptors (Lipinski definition) is 2. The molecule has 0 spiro atoms. The van der Waals surface area contributed by atoms with E-state index in [1.165, 1.54) is 12.1 Å². The summed E-state index contributed by atoms with van der Waals surface area (Å²) >= 11 is 5.90. The molecule has 2 N–H and O–H groups in total. The molecule has 2 rings (SSSR count). The molecule has 0 radical (unpaired) electrons. The highest BCUT2D eigenvalue weighted by molar-refractivity contribution is 6.33. The fourth-order valence-electron chi connectivity index (χ4n) is 2.12. The second-order valence-corrected chi connectivity index (χ2v) is 5.52. The molecule has 4 nitrogen and oxygen atoms in total. The Hall–Kier alpha value is -2.47. The Kier molecular flexibility index (Phi) is 5.87. The van der Waals surface area contributed by atoms with Gasteiger partial charge in [-0.25, -0.2) is 8.78 Å². The first-order chi connectivity index (χ1) is 11.4. The molecule has 1 atom stereocenters. The monoisotopic (exact) mass is 352 g/mol. The predicted molar refractivity (Wildman–Crippen MR) is 86.7 cm³/mol. The minimum Gasteiger partial charge on any atom is -0.348 e. The molecule has 0 fully saturated rings. The van der Waals surface area contributed by atoms with Crippen molar-refractivity contribution >= 4 is 23.4 Å². The van der Waals surface area contributed by atoms with Crippen LogP contribution in [-0.2, 0) is 4.79 Å². The summed E-state index contributed by atoms with van der Waals surface area (Å²) in [5.74, 6) is -2.44. The third-order valence-electron chi connectivity index (χ3n) is 3.33. The summed E-state index contributed by atoms with van der Waals surface area (Å²) < 4.78 is 26.5. The van der Waals surface area contributed by atoms with Crippen LogP contribution < -0.4 is 10.6 Å². The van der Waals surface area contributed by atoms with Crippen LogP contribution >= 0.6 is 11.6 Å². The Balaban J connectivity index is 1.91. The lowest BCUT2D eigenvalue weighted by molar-refractivity contribution is -0.120. The van der Waals surface area contributed by atoms with Crippen molar-refractivity contribution in [2.45, 2.75) is 13.0 Å². The van der Waals surface area contributed by atoms with E-state index in [4.69, 9.17) is 11.6 Å². The van der Waals surface area contributed by atoms with Crippen molar-refractivity contribution in [1.29, 1.82) is 0 Å². The van der Waals surface area contributed by atoms with Crippen LogP contribution in [0.25, 0.3) is 0 Å². The molecule has 0 bridgehead atoms. The topological polar surface area (TPSA) is 58.2 Å². The first-order valence-corrected chi connectivity index (χ1v) is 7.53. The molecule has 0 aliphatic heterocycles. The molecule has 0 heterocycles. The summed E-state index contributed by atoms with van der Waals surface area (Å²) in [5, 5.41) is 5.23. The van der Waals surface area contributed by atoms with E-state index >= 15 is 0 Å². The summed E-state index contributed by atoms with van der Waals surface area (Å²) in [6, 6.07) is 8.89. The molecule has 0 aromatic heterocycles. The average Bonchev–Trinajstić information content (AvgIpc) is 2.52. The minimum absolute atomic E-state index is 0.155. The average molecular weight is 353 g/mol. The lowest BCUT2D eigenvalue weighted by atomic mass is 10.1. The molecule has 24 heavy (non-hydrogen) atoms. The number of amides is 2. The number of benzene rings is 2. The van der Waals surface area contributed by atoms with Gasteiger partial charge in [0, 0.05) is 11.6 Å². The Morgan fingerprint density at radius 1 is 1.17 bits per heavy atom. The van der Waals surface area contributed by atoms with Crippen LogP contribution in [0.4, 0.5) is 8.78 Å². The summed E-state index contributed by atoms with van der Waals surface area (Å²) in [5.41, 5.74) is 0.409. The summed E-state index contributed by atoms with van der Waals surface area (Å²) in [6.45, 7) is 1.27. The van der Waals surface area contributed by atoms with Gasteiger partial charge in [-0.15, -0.1) is 0 Å². The van der Waals surface area contributed by atoms with Gasteiger partial charge in [-0.1, -0.05) is 29.8 Å². The van der Waals surface area contributed by atoms with Gasteiger partial charge in [-0.05, 0) is 25.1 Å². The first-order valence-electron chi connectivity index (χ1n) is 7.15. The van der Waals surface area contributed by atoms with E-state index in [0.717, 1.165) is 12.1 Å². The van der Waals surface area contributed by atoms with E-state index < -0.39 is 29.5 Å². The van der Waals surface area contributed by atoms with Crippen molar-refractivity contribution in [2.24, 2.45) is 0 Å². The van der Waals surface area contributed by atoms with Crippen LogP contribution in [0.3, 0.4) is 0 Å². The van der Waals surface area contributed by atoms with E-state index in [1.807, 2.05) is 0 Å². The number of rotatable bonds is 5. The van der Waals surface area contributed by atoms with Crippen molar-refractivity contribution in [1.82, 2.24) is 10.6 Å². The maximum Gasteiger partial charge on any atom is 0.253 e. The van der Waals surface area contributed by atoms with Gasteiger partial charge in [-0.3, -0.25) is 9.59 Å². The fraction of sp³-hybridized carbons (Fsp3) is 0.176. The normalized spacial score (nSPS) is 11.7. The molecule has 2 aromatic carbocycles. The SMILES string of the molecule is C[C@@H](NC(=O)CNC(=O)c1ccccc1Cl)c1ccc(F)cc1F. The molecular weight excluding hydrogens is 338 g/mol. The van der Waals surface area contributed by atoms with Crippen molar-refractivity contribution in [3.63, 3.8) is 0 Å². The van der Waals surface area contributed by atoms with Gasteiger partial charge in [0.2, 0.25) is 5.91 Å². The van der Waals surface area contributed by atoms with Crippen LogP contribution in [0.5, 0.6) is 0 Å². The summed E-state index contributed by atoms with van der Waals surface area (Å²) in [4.78, 5) is 23.8. The minimum atomic E-state index is -0.747. The van der Waals surface area contributed by atoms with Gasteiger partial charge in [0.05, 0.1) is 23.2 Å². The molecule has 126 valence electrons. The highest BCUT2D eigenvalue weighted by Gasteiger charge is 2.15. The third-order valence-corrected chi connectivity index (χ3v) is 3.66. The zero-order valence-electron chi connectivity index (χ0n) is 12.8. The zero-order valence-corrected chi connectivity index (χ0v) is 13.5. The largest absolute Gasteiger partial charge is 0.348 e. The number of hydrogen-bond donors (Lipinski definition) is 2. The molecular formula is C17H15ClF2N2O2. The molecule has 2 amide bonds. The molecule has 0 saturated heterocycles. The van der Waals surface area contributed by atoms with Gasteiger partial charge in [0.1, 0.15) is 11.6 Å². The predicted octanol–water partition coefficient (Wildman–Crippen LogP) is 3.23. The number of carbonyl (C=O) groups excluding carboxylic acids is 2. The Labute approximate surface area is 142 Å². The van der Waals surface area contributed by atoms with Crippen molar-refractivity contribution in [3.05, 3.63) is 70.2 Å².